The van der Waals surface area contributed by atoms with Gasteiger partial charge in [0, 0.05) is 0 Å². The second-order valence-electron chi connectivity index (χ2n) is 3.00. The number of halogens is 2. The summed E-state index contributed by atoms with van der Waals surface area (Å²) in [5, 5.41) is 0. The zero-order valence-corrected chi connectivity index (χ0v) is 18.7. The minimum atomic E-state index is 0. The molecule has 0 unspecified atom stereocenters. The summed E-state index contributed by atoms with van der Waals surface area (Å²) in [6.45, 7) is 16.1. The third-order valence-electron chi connectivity index (χ3n) is 1.74. The molecule has 0 nitrogen and oxygen atoms in total. The first kappa shape index (κ1) is 32.5. The van der Waals surface area contributed by atoms with E-state index < -0.39 is 0 Å². The van der Waals surface area contributed by atoms with E-state index in [1.807, 2.05) is 19.0 Å². The van der Waals surface area contributed by atoms with Crippen LogP contribution in [0.15, 0.2) is 35.5 Å². The van der Waals surface area contributed by atoms with Crippen molar-refractivity contribution < 1.29 is 23.3 Å². The predicted octanol–water partition coefficient (Wildman–Crippen LogP) is 5.00. The number of rotatable bonds is 0. The second-order valence-corrected chi connectivity index (χ2v) is 3.00. The number of hydrogen-bond acceptors (Lipinski definition) is 0. The first-order chi connectivity index (χ1) is 8.79. The predicted molar refractivity (Wildman–Crippen MR) is 97.5 cm³/mol. The summed E-state index contributed by atoms with van der Waals surface area (Å²) in [5.74, 6) is 0. The molecule has 0 fully saturated rings. The van der Waals surface area contributed by atoms with Crippen LogP contribution in [0.3, 0.4) is 0 Å². The van der Waals surface area contributed by atoms with E-state index in [4.69, 9.17) is 0 Å². The molecule has 4 heteroatoms. The van der Waals surface area contributed by atoms with Crippen molar-refractivity contribution in [1.29, 1.82) is 0 Å². The summed E-state index contributed by atoms with van der Waals surface area (Å²) in [6, 6.07) is 0. The Hall–Kier alpha value is 0.640. The van der Waals surface area contributed by atoms with Gasteiger partial charge in [-0.25, -0.2) is 23.3 Å². The zero-order chi connectivity index (χ0) is 14.8. The number of allylic oxidation sites excluding steroid dienone is 8. The van der Waals surface area contributed by atoms with Gasteiger partial charge < -0.3 is 13.8 Å². The van der Waals surface area contributed by atoms with E-state index in [0.29, 0.717) is 0 Å². The molecule has 0 bridgehead atoms. The molecule has 2 aliphatic rings. The molecule has 0 heterocycles. The summed E-state index contributed by atoms with van der Waals surface area (Å²) in [5.41, 5.74) is 2.69. The van der Waals surface area contributed by atoms with Crippen molar-refractivity contribution in [3.8, 4) is 0 Å². The van der Waals surface area contributed by atoms with Gasteiger partial charge in [0.25, 0.3) is 0 Å². The van der Waals surface area contributed by atoms with Gasteiger partial charge in [-0.15, -0.1) is 51.5 Å². The van der Waals surface area contributed by atoms with E-state index in [-0.39, 0.29) is 24.8 Å². The van der Waals surface area contributed by atoms with E-state index in [1.54, 1.807) is 37.2 Å². The first-order valence-corrected chi connectivity index (χ1v) is 11.9. The van der Waals surface area contributed by atoms with Crippen molar-refractivity contribution >= 4 is 31.7 Å². The topological polar surface area (TPSA) is 0 Å². The van der Waals surface area contributed by atoms with Crippen LogP contribution in [0, 0.1) is 26.0 Å². The van der Waals surface area contributed by atoms with Gasteiger partial charge in [0.2, 0.25) is 0 Å². The van der Waals surface area contributed by atoms with Gasteiger partial charge in [-0.3, -0.25) is 12.2 Å². The third kappa shape index (κ3) is 27.1. The van der Waals surface area contributed by atoms with Gasteiger partial charge in [0.15, 0.2) is 0 Å². The van der Waals surface area contributed by atoms with Crippen molar-refractivity contribution in [2.24, 2.45) is 0 Å². The summed E-state index contributed by atoms with van der Waals surface area (Å²) >= 11 is 1.58. The Kier molecular flexibility index (Phi) is 51.8. The van der Waals surface area contributed by atoms with Crippen molar-refractivity contribution in [1.82, 2.24) is 0 Å². The molecular formula is C16H28Cl2SiZr-4. The molecule has 0 atom stereocenters. The fourth-order valence-electron chi connectivity index (χ4n) is 0.998. The molecule has 0 saturated carbocycles. The van der Waals surface area contributed by atoms with E-state index >= 15 is 0 Å². The van der Waals surface area contributed by atoms with Crippen molar-refractivity contribution in [3.63, 3.8) is 0 Å². The van der Waals surface area contributed by atoms with Crippen molar-refractivity contribution in [3.05, 3.63) is 61.4 Å². The molecule has 0 aromatic carbocycles. The van der Waals surface area contributed by atoms with Crippen molar-refractivity contribution in [2.45, 2.75) is 40.5 Å². The maximum absolute atomic E-state index is 3.25. The van der Waals surface area contributed by atoms with Crippen LogP contribution in [-0.4, -0.2) is 6.88 Å². The van der Waals surface area contributed by atoms with Crippen LogP contribution < -0.4 is 0 Å². The first-order valence-electron chi connectivity index (χ1n) is 6.02. The van der Waals surface area contributed by atoms with E-state index in [2.05, 4.69) is 52.0 Å². The van der Waals surface area contributed by atoms with E-state index in [9.17, 15) is 0 Å². The van der Waals surface area contributed by atoms with Gasteiger partial charge in [0.1, 0.15) is 0 Å². The Balaban J connectivity index is -0.0000000512. The van der Waals surface area contributed by atoms with Crippen LogP contribution in [0.25, 0.3) is 0 Å². The zero-order valence-electron chi connectivity index (χ0n) is 13.2. The van der Waals surface area contributed by atoms with Gasteiger partial charge >= 0.3 is 30.2 Å². The summed E-state index contributed by atoms with van der Waals surface area (Å²) in [6.07, 6.45) is 16.5. The van der Waals surface area contributed by atoms with Gasteiger partial charge in [-0.2, -0.15) is 26.0 Å². The fourth-order valence-corrected chi connectivity index (χ4v) is 0.998. The normalized spacial score (nSPS) is 11.8. The molecule has 20 heavy (non-hydrogen) atoms. The van der Waals surface area contributed by atoms with E-state index in [0.717, 1.165) is 12.8 Å². The molecule has 0 aromatic heterocycles. The molecule has 2 aliphatic carbocycles. The average Bonchev–Trinajstić information content (AvgIpc) is 3.11. The molecule has 0 amide bonds. The molecule has 118 valence electrons. The monoisotopic (exact) mass is 408 g/mol. The molecule has 0 spiro atoms. The molecule has 2 rings (SSSR count). The van der Waals surface area contributed by atoms with Gasteiger partial charge in [-0.1, -0.05) is 0 Å². The van der Waals surface area contributed by atoms with Crippen LogP contribution >= 0.6 is 24.8 Å². The quantitative estimate of drug-likeness (QED) is 0.390. The van der Waals surface area contributed by atoms with Crippen LogP contribution in [0.1, 0.15) is 40.5 Å². The van der Waals surface area contributed by atoms with Crippen LogP contribution in [0.4, 0.5) is 0 Å². The summed E-state index contributed by atoms with van der Waals surface area (Å²) in [7, 11) is 0. The van der Waals surface area contributed by atoms with Crippen LogP contribution in [0.5, 0.6) is 0 Å². The average molecular weight is 411 g/mol. The summed E-state index contributed by atoms with van der Waals surface area (Å²) in [4.78, 5) is 0. The van der Waals surface area contributed by atoms with E-state index in [1.165, 1.54) is 11.1 Å². The Morgan fingerprint density at radius 2 is 1.10 bits per heavy atom. The minimum absolute atomic E-state index is 0. The Labute approximate surface area is 156 Å². The third-order valence-corrected chi connectivity index (χ3v) is 1.74. The second kappa shape index (κ2) is 31.8. The molecule has 0 saturated heterocycles. The summed E-state index contributed by atoms with van der Waals surface area (Å²) < 4.78 is 0. The van der Waals surface area contributed by atoms with Gasteiger partial charge in [0.05, 0.1) is 0 Å². The Morgan fingerprint density at radius 1 is 0.850 bits per heavy atom. The Morgan fingerprint density at radius 3 is 1.15 bits per heavy atom. The Bertz CT molecular complexity index is 249. The van der Waals surface area contributed by atoms with Crippen LogP contribution in [0.2, 0.25) is 0 Å². The standard InChI is InChI=1S/2C6H7.2C2H5.2ClH.H2Si.Zr/c2*1-6-4-2-3-5-6;2*1-2;;;;/h2*4-5H,2H2,1H3;2*1H2,2H3;2*1H;1H2;/q4*-1;;;;. The number of hydrogen-bond donors (Lipinski definition) is 0. The van der Waals surface area contributed by atoms with Gasteiger partial charge in [-0.05, 0) is 0 Å². The molecular weight excluding hydrogens is 382 g/mol. The van der Waals surface area contributed by atoms with Crippen LogP contribution in [-0.2, 0) is 23.3 Å². The molecule has 0 aromatic rings. The molecule has 0 aliphatic heterocycles. The molecule has 0 N–H and O–H groups in total. The fraction of sp³-hybridized carbons (Fsp3) is 0.375. The van der Waals surface area contributed by atoms with Crippen molar-refractivity contribution in [2.75, 3.05) is 0 Å². The maximum atomic E-state index is 3.25. The SMILES string of the molecule is CC1=CC[C-]=C1.CC1=CC[C-]=C1.Cl.Cl.[CH2-]C.[CH2-]C.[SiH2]=[Zr]. The molecule has 0 radical (unpaired) electrons.